The molecule has 1 aromatic heterocycles. The van der Waals surface area contributed by atoms with Gasteiger partial charge in [0.1, 0.15) is 11.4 Å². The molecule has 1 heterocycles. The maximum atomic E-state index is 11.3. The van der Waals surface area contributed by atoms with Crippen LogP contribution in [0.15, 0.2) is 12.3 Å². The minimum atomic E-state index is -0.998. The number of aromatic nitrogens is 1. The molecule has 0 aromatic carbocycles. The molecule has 116 valence electrons. The van der Waals surface area contributed by atoms with Crippen LogP contribution in [0.2, 0.25) is 0 Å². The van der Waals surface area contributed by atoms with Gasteiger partial charge in [0.15, 0.2) is 0 Å². The molecule has 21 heavy (non-hydrogen) atoms. The first kappa shape index (κ1) is 15.6. The van der Waals surface area contributed by atoms with Crippen molar-refractivity contribution in [2.75, 3.05) is 17.6 Å². The highest BCUT2D eigenvalue weighted by Gasteiger charge is 2.34. The monoisotopic (exact) mass is 291 g/mol. The number of hydrogen-bond donors (Lipinski definition) is 3. The molecule has 0 spiro atoms. The Morgan fingerprint density at radius 1 is 1.48 bits per heavy atom. The molecule has 1 fully saturated rings. The van der Waals surface area contributed by atoms with E-state index in [0.717, 1.165) is 13.0 Å². The summed E-state index contributed by atoms with van der Waals surface area (Å²) in [6.45, 7) is 5.26. The van der Waals surface area contributed by atoms with Gasteiger partial charge in [0.05, 0.1) is 11.9 Å². The van der Waals surface area contributed by atoms with E-state index < -0.39 is 5.97 Å². The van der Waals surface area contributed by atoms with Crippen LogP contribution in [-0.2, 0) is 0 Å². The second-order valence-electron chi connectivity index (χ2n) is 6.63. The molecular weight excluding hydrogens is 266 g/mol. The fourth-order valence-electron chi connectivity index (χ4n) is 3.50. The van der Waals surface area contributed by atoms with E-state index in [1.807, 2.05) is 0 Å². The number of carbonyl (C=O) groups is 1. The van der Waals surface area contributed by atoms with Gasteiger partial charge in [0, 0.05) is 6.54 Å². The number of nitrogen functional groups attached to an aromatic ring is 1. The highest BCUT2D eigenvalue weighted by molar-refractivity contribution is 5.94. The Balaban J connectivity index is 2.12. The Labute approximate surface area is 126 Å². The Kier molecular flexibility index (Phi) is 4.70. The normalized spacial score (nSPS) is 17.1. The summed E-state index contributed by atoms with van der Waals surface area (Å²) in [5.41, 5.74) is 6.41. The lowest BCUT2D eigenvalue weighted by atomic mass is 9.78. The topological polar surface area (TPSA) is 88.2 Å². The summed E-state index contributed by atoms with van der Waals surface area (Å²) >= 11 is 0. The average Bonchev–Trinajstić information content (AvgIpc) is 2.85. The summed E-state index contributed by atoms with van der Waals surface area (Å²) in [5, 5.41) is 12.5. The molecule has 5 nitrogen and oxygen atoms in total. The fraction of sp³-hybridized carbons (Fsp3) is 0.625. The number of nitrogens with two attached hydrogens (primary N) is 1. The lowest BCUT2D eigenvalue weighted by Gasteiger charge is -2.31. The van der Waals surface area contributed by atoms with Crippen molar-refractivity contribution in [2.45, 2.75) is 46.0 Å². The van der Waals surface area contributed by atoms with E-state index in [1.165, 1.54) is 37.9 Å². The predicted molar refractivity (Wildman–Crippen MR) is 84.5 cm³/mol. The van der Waals surface area contributed by atoms with E-state index in [9.17, 15) is 9.90 Å². The zero-order valence-electron chi connectivity index (χ0n) is 12.9. The molecule has 0 atom stereocenters. The molecular formula is C16H25N3O2. The second-order valence-corrected chi connectivity index (χ2v) is 6.63. The number of anilines is 2. The lowest BCUT2D eigenvalue weighted by molar-refractivity contribution is 0.0697. The number of aromatic carboxylic acids is 1. The first-order valence-corrected chi connectivity index (χ1v) is 7.64. The molecule has 0 bridgehead atoms. The maximum absolute atomic E-state index is 11.3. The third-order valence-electron chi connectivity index (χ3n) is 4.28. The highest BCUT2D eigenvalue weighted by atomic mass is 16.4. The number of rotatable bonds is 6. The van der Waals surface area contributed by atoms with Crippen LogP contribution in [0.3, 0.4) is 0 Å². The molecule has 0 saturated heterocycles. The molecule has 1 aliphatic carbocycles. The fourth-order valence-corrected chi connectivity index (χ4v) is 3.50. The van der Waals surface area contributed by atoms with Gasteiger partial charge in [-0.15, -0.1) is 0 Å². The number of nitrogens with one attached hydrogen (secondary N) is 1. The van der Waals surface area contributed by atoms with Gasteiger partial charge in [0.25, 0.3) is 0 Å². The first-order chi connectivity index (χ1) is 9.92. The van der Waals surface area contributed by atoms with Crippen molar-refractivity contribution in [3.63, 3.8) is 0 Å². The van der Waals surface area contributed by atoms with E-state index in [1.54, 1.807) is 0 Å². The molecule has 1 aromatic rings. The van der Waals surface area contributed by atoms with Crippen molar-refractivity contribution in [2.24, 2.45) is 11.3 Å². The molecule has 0 amide bonds. The van der Waals surface area contributed by atoms with E-state index >= 15 is 0 Å². The third-order valence-corrected chi connectivity index (χ3v) is 4.28. The van der Waals surface area contributed by atoms with Crippen LogP contribution in [0.4, 0.5) is 11.5 Å². The zero-order chi connectivity index (χ0) is 15.5. The van der Waals surface area contributed by atoms with Crippen molar-refractivity contribution in [1.82, 2.24) is 4.98 Å². The predicted octanol–water partition coefficient (Wildman–Crippen LogP) is 3.38. The van der Waals surface area contributed by atoms with Crippen molar-refractivity contribution in [3.8, 4) is 0 Å². The van der Waals surface area contributed by atoms with Crippen LogP contribution < -0.4 is 11.1 Å². The summed E-state index contributed by atoms with van der Waals surface area (Å²) in [4.78, 5) is 15.4. The van der Waals surface area contributed by atoms with Crippen LogP contribution in [0.25, 0.3) is 0 Å². The first-order valence-electron chi connectivity index (χ1n) is 7.64. The largest absolute Gasteiger partial charge is 0.478 e. The van der Waals surface area contributed by atoms with Crippen molar-refractivity contribution < 1.29 is 9.90 Å². The molecule has 5 heteroatoms. The number of carboxylic acids is 1. The lowest BCUT2D eigenvalue weighted by Crippen LogP contribution is -2.29. The summed E-state index contributed by atoms with van der Waals surface area (Å²) in [6, 6.07) is 1.46. The summed E-state index contributed by atoms with van der Waals surface area (Å²) in [7, 11) is 0. The van der Waals surface area contributed by atoms with Crippen molar-refractivity contribution in [3.05, 3.63) is 17.8 Å². The SMILES string of the molecule is CC(C)CC1(CNc2ncc(N)cc2C(=O)O)CCCC1. The van der Waals surface area contributed by atoms with Gasteiger partial charge in [-0.2, -0.15) is 0 Å². The summed E-state index contributed by atoms with van der Waals surface area (Å²) in [5.74, 6) is 0.0663. The molecule has 1 saturated carbocycles. The van der Waals surface area contributed by atoms with Gasteiger partial charge in [-0.3, -0.25) is 0 Å². The summed E-state index contributed by atoms with van der Waals surface area (Å²) in [6.07, 6.45) is 7.59. The highest BCUT2D eigenvalue weighted by Crippen LogP contribution is 2.43. The van der Waals surface area contributed by atoms with Gasteiger partial charge in [-0.05, 0) is 36.7 Å². The smallest absolute Gasteiger partial charge is 0.339 e. The van der Waals surface area contributed by atoms with Gasteiger partial charge in [0.2, 0.25) is 0 Å². The van der Waals surface area contributed by atoms with Gasteiger partial charge >= 0.3 is 5.97 Å². The molecule has 4 N–H and O–H groups in total. The van der Waals surface area contributed by atoms with Crippen LogP contribution >= 0.6 is 0 Å². The minimum Gasteiger partial charge on any atom is -0.478 e. The molecule has 1 aliphatic rings. The van der Waals surface area contributed by atoms with Gasteiger partial charge in [-0.25, -0.2) is 9.78 Å². The molecule has 0 aliphatic heterocycles. The Morgan fingerprint density at radius 3 is 2.71 bits per heavy atom. The molecule has 0 unspecified atom stereocenters. The van der Waals surface area contributed by atoms with Gasteiger partial charge < -0.3 is 16.2 Å². The van der Waals surface area contributed by atoms with E-state index in [0.29, 0.717) is 17.4 Å². The second kappa shape index (κ2) is 6.33. The number of hydrogen-bond acceptors (Lipinski definition) is 4. The Hall–Kier alpha value is -1.78. The van der Waals surface area contributed by atoms with Crippen molar-refractivity contribution in [1.29, 1.82) is 0 Å². The van der Waals surface area contributed by atoms with E-state index in [-0.39, 0.29) is 11.0 Å². The van der Waals surface area contributed by atoms with Crippen molar-refractivity contribution >= 4 is 17.5 Å². The van der Waals surface area contributed by atoms with Gasteiger partial charge in [-0.1, -0.05) is 26.7 Å². The minimum absolute atomic E-state index is 0.146. The number of carboxylic acid groups (broad SMARTS) is 1. The van der Waals surface area contributed by atoms with E-state index in [4.69, 9.17) is 5.73 Å². The number of nitrogens with zero attached hydrogens (tertiary/aromatic N) is 1. The zero-order valence-corrected chi connectivity index (χ0v) is 12.9. The van der Waals surface area contributed by atoms with Crippen LogP contribution in [0, 0.1) is 11.3 Å². The molecule has 0 radical (unpaired) electrons. The quantitative estimate of drug-likeness (QED) is 0.747. The Morgan fingerprint density at radius 2 is 2.14 bits per heavy atom. The standard InChI is InChI=1S/C16H25N3O2/c1-11(2)8-16(5-3-4-6-16)10-19-14-13(15(20)21)7-12(17)9-18-14/h7,9,11H,3-6,8,10,17H2,1-2H3,(H,18,19)(H,20,21). The number of pyridine rings is 1. The van der Waals surface area contributed by atoms with Crippen LogP contribution in [0.5, 0.6) is 0 Å². The summed E-state index contributed by atoms with van der Waals surface area (Å²) < 4.78 is 0. The average molecular weight is 291 g/mol. The molecule has 2 rings (SSSR count). The van der Waals surface area contributed by atoms with Crippen LogP contribution in [0.1, 0.15) is 56.3 Å². The van der Waals surface area contributed by atoms with E-state index in [2.05, 4.69) is 24.1 Å². The maximum Gasteiger partial charge on any atom is 0.339 e. The van der Waals surface area contributed by atoms with Crippen LogP contribution in [-0.4, -0.2) is 22.6 Å². The Bertz CT molecular complexity index is 508. The third kappa shape index (κ3) is 3.86.